The Hall–Kier alpha value is -0.830. The molecule has 0 aliphatic carbocycles. The molecule has 0 aliphatic rings. The summed E-state index contributed by atoms with van der Waals surface area (Å²) in [5, 5.41) is 8.26. The van der Waals surface area contributed by atoms with E-state index in [0.717, 1.165) is 25.1 Å². The van der Waals surface area contributed by atoms with Crippen LogP contribution in [0, 0.1) is 5.41 Å². The summed E-state index contributed by atoms with van der Waals surface area (Å²) in [7, 11) is 0. The molecule has 1 aromatic heterocycles. The number of nitrogens with one attached hydrogen (secondary N) is 1. The predicted molar refractivity (Wildman–Crippen MR) is 82.2 cm³/mol. The van der Waals surface area contributed by atoms with Crippen molar-refractivity contribution in [1.82, 2.24) is 15.1 Å². The van der Waals surface area contributed by atoms with Gasteiger partial charge in [0, 0.05) is 24.3 Å². The Balaban J connectivity index is 2.54. The van der Waals surface area contributed by atoms with Crippen molar-refractivity contribution in [3.05, 3.63) is 18.0 Å². The second-order valence-corrected chi connectivity index (χ2v) is 7.52. The normalized spacial score (nSPS) is 14.7. The Morgan fingerprint density at radius 2 is 1.89 bits per heavy atom. The molecule has 110 valence electrons. The van der Waals surface area contributed by atoms with E-state index < -0.39 is 0 Å². The molecule has 3 nitrogen and oxygen atoms in total. The molecule has 0 bridgehead atoms. The summed E-state index contributed by atoms with van der Waals surface area (Å²) >= 11 is 0. The molecule has 19 heavy (non-hydrogen) atoms. The number of rotatable bonds is 6. The molecule has 0 saturated carbocycles. The van der Waals surface area contributed by atoms with Crippen LogP contribution in [0.5, 0.6) is 0 Å². The van der Waals surface area contributed by atoms with Crippen LogP contribution in [0.2, 0.25) is 0 Å². The van der Waals surface area contributed by atoms with E-state index in [-0.39, 0.29) is 5.54 Å². The van der Waals surface area contributed by atoms with Gasteiger partial charge < -0.3 is 5.32 Å². The fourth-order valence-electron chi connectivity index (χ4n) is 2.62. The molecule has 3 heteroatoms. The zero-order valence-electron chi connectivity index (χ0n) is 13.7. The summed E-state index contributed by atoms with van der Waals surface area (Å²) in [4.78, 5) is 0. The molecule has 0 radical (unpaired) electrons. The molecule has 0 spiro atoms. The summed E-state index contributed by atoms with van der Waals surface area (Å²) in [6, 6.07) is 2.60. The second-order valence-electron chi connectivity index (χ2n) is 7.52. The van der Waals surface area contributed by atoms with Gasteiger partial charge in [0.15, 0.2) is 0 Å². The van der Waals surface area contributed by atoms with Crippen LogP contribution in [-0.2, 0) is 6.54 Å². The Labute approximate surface area is 118 Å². The van der Waals surface area contributed by atoms with Gasteiger partial charge in [-0.15, -0.1) is 0 Å². The molecule has 0 fully saturated rings. The number of hydrogen-bond acceptors (Lipinski definition) is 2. The van der Waals surface area contributed by atoms with Gasteiger partial charge >= 0.3 is 0 Å². The van der Waals surface area contributed by atoms with Gasteiger partial charge in [0.2, 0.25) is 0 Å². The van der Waals surface area contributed by atoms with E-state index in [1.54, 1.807) is 0 Å². The van der Waals surface area contributed by atoms with Crippen molar-refractivity contribution >= 4 is 0 Å². The molecule has 1 rings (SSSR count). The number of hydrogen-bond donors (Lipinski definition) is 1. The highest BCUT2D eigenvalue weighted by Crippen LogP contribution is 2.26. The SMILES string of the molecule is CCC(C)n1ccc(CNC(C)(C)CC(C)(C)C)n1. The van der Waals surface area contributed by atoms with Crippen LogP contribution in [0.25, 0.3) is 0 Å². The first-order valence-corrected chi connectivity index (χ1v) is 7.42. The first-order valence-electron chi connectivity index (χ1n) is 7.42. The lowest BCUT2D eigenvalue weighted by Gasteiger charge is -2.33. The topological polar surface area (TPSA) is 29.9 Å². The highest BCUT2D eigenvalue weighted by molar-refractivity contribution is 5.00. The lowest BCUT2D eigenvalue weighted by molar-refractivity contribution is 0.240. The monoisotopic (exact) mass is 265 g/mol. The van der Waals surface area contributed by atoms with Crippen LogP contribution in [0.3, 0.4) is 0 Å². The Bertz CT molecular complexity index is 385. The average molecular weight is 265 g/mol. The smallest absolute Gasteiger partial charge is 0.0762 e. The summed E-state index contributed by atoms with van der Waals surface area (Å²) in [5.74, 6) is 0. The van der Waals surface area contributed by atoms with E-state index >= 15 is 0 Å². The van der Waals surface area contributed by atoms with Crippen LogP contribution in [-0.4, -0.2) is 15.3 Å². The minimum atomic E-state index is 0.137. The molecule has 0 saturated heterocycles. The first-order chi connectivity index (χ1) is 8.63. The van der Waals surface area contributed by atoms with Crippen LogP contribution in [0.15, 0.2) is 12.3 Å². The van der Waals surface area contributed by atoms with Crippen molar-refractivity contribution in [3.63, 3.8) is 0 Å². The lowest BCUT2D eigenvalue weighted by atomic mass is 9.82. The third-order valence-electron chi connectivity index (χ3n) is 3.43. The molecule has 1 heterocycles. The average Bonchev–Trinajstić information content (AvgIpc) is 2.71. The van der Waals surface area contributed by atoms with Crippen LogP contribution < -0.4 is 5.32 Å². The van der Waals surface area contributed by atoms with Gasteiger partial charge in [-0.2, -0.15) is 5.10 Å². The van der Waals surface area contributed by atoms with Crippen molar-refractivity contribution in [1.29, 1.82) is 0 Å². The maximum Gasteiger partial charge on any atom is 0.0762 e. The Morgan fingerprint density at radius 1 is 1.26 bits per heavy atom. The van der Waals surface area contributed by atoms with Gasteiger partial charge in [-0.3, -0.25) is 4.68 Å². The molecular formula is C16H31N3. The molecule has 1 atom stereocenters. The van der Waals surface area contributed by atoms with E-state index in [2.05, 4.69) is 75.8 Å². The minimum Gasteiger partial charge on any atom is -0.306 e. The van der Waals surface area contributed by atoms with Crippen LogP contribution in [0.4, 0.5) is 0 Å². The summed E-state index contributed by atoms with van der Waals surface area (Å²) < 4.78 is 2.06. The van der Waals surface area contributed by atoms with Gasteiger partial charge in [-0.1, -0.05) is 27.7 Å². The van der Waals surface area contributed by atoms with E-state index in [9.17, 15) is 0 Å². The predicted octanol–water partition coefficient (Wildman–Crippen LogP) is 4.16. The third kappa shape index (κ3) is 5.77. The van der Waals surface area contributed by atoms with E-state index in [1.165, 1.54) is 0 Å². The molecule has 0 amide bonds. The second kappa shape index (κ2) is 6.08. The summed E-state index contributed by atoms with van der Waals surface area (Å²) in [6.45, 7) is 16.6. The molecule has 0 aromatic carbocycles. The zero-order valence-corrected chi connectivity index (χ0v) is 13.7. The van der Waals surface area contributed by atoms with Crippen molar-refractivity contribution in [2.75, 3.05) is 0 Å². The number of nitrogens with zero attached hydrogens (tertiary/aromatic N) is 2. The molecule has 0 aliphatic heterocycles. The van der Waals surface area contributed by atoms with Gasteiger partial charge in [-0.05, 0) is 45.1 Å². The molecular weight excluding hydrogens is 234 g/mol. The van der Waals surface area contributed by atoms with Gasteiger partial charge in [0.1, 0.15) is 0 Å². The van der Waals surface area contributed by atoms with Crippen LogP contribution in [0.1, 0.15) is 73.0 Å². The molecule has 1 aromatic rings. The van der Waals surface area contributed by atoms with Crippen molar-refractivity contribution in [2.24, 2.45) is 5.41 Å². The number of aromatic nitrogens is 2. The van der Waals surface area contributed by atoms with Crippen LogP contribution >= 0.6 is 0 Å². The maximum atomic E-state index is 4.63. The lowest BCUT2D eigenvalue weighted by Crippen LogP contribution is -2.41. The highest BCUT2D eigenvalue weighted by Gasteiger charge is 2.24. The van der Waals surface area contributed by atoms with Gasteiger partial charge in [0.05, 0.1) is 5.69 Å². The van der Waals surface area contributed by atoms with Gasteiger partial charge in [0.25, 0.3) is 0 Å². The zero-order chi connectivity index (χ0) is 14.7. The molecule has 1 N–H and O–H groups in total. The fraction of sp³-hybridized carbons (Fsp3) is 0.812. The summed E-state index contributed by atoms with van der Waals surface area (Å²) in [6.07, 6.45) is 4.35. The van der Waals surface area contributed by atoms with Crippen molar-refractivity contribution in [3.8, 4) is 0 Å². The van der Waals surface area contributed by atoms with Crippen molar-refractivity contribution in [2.45, 2.75) is 79.4 Å². The van der Waals surface area contributed by atoms with E-state index in [1.807, 2.05) is 0 Å². The third-order valence-corrected chi connectivity index (χ3v) is 3.43. The van der Waals surface area contributed by atoms with E-state index in [0.29, 0.717) is 11.5 Å². The maximum absolute atomic E-state index is 4.63. The first kappa shape index (κ1) is 16.2. The summed E-state index contributed by atoms with van der Waals surface area (Å²) in [5.41, 5.74) is 1.60. The standard InChI is InChI=1S/C16H31N3/c1-8-13(2)19-10-9-14(18-19)11-17-16(6,7)12-15(3,4)5/h9-10,13,17H,8,11-12H2,1-7H3. The Kier molecular flexibility index (Phi) is 5.19. The molecule has 1 unspecified atom stereocenters. The highest BCUT2D eigenvalue weighted by atomic mass is 15.3. The quantitative estimate of drug-likeness (QED) is 0.837. The van der Waals surface area contributed by atoms with Gasteiger partial charge in [-0.25, -0.2) is 0 Å². The Morgan fingerprint density at radius 3 is 2.42 bits per heavy atom. The van der Waals surface area contributed by atoms with E-state index in [4.69, 9.17) is 0 Å². The van der Waals surface area contributed by atoms with Crippen molar-refractivity contribution < 1.29 is 0 Å². The minimum absolute atomic E-state index is 0.137. The fourth-order valence-corrected chi connectivity index (χ4v) is 2.62. The largest absolute Gasteiger partial charge is 0.306 e.